The van der Waals surface area contributed by atoms with Crippen molar-refractivity contribution in [3.05, 3.63) is 12.2 Å². The average molecular weight is 181 g/mol. The smallest absolute Gasteiger partial charge is 0.00636 e. The molecule has 0 aliphatic rings. The van der Waals surface area contributed by atoms with Crippen molar-refractivity contribution in [1.82, 2.24) is 0 Å². The molecule has 0 atom stereocenters. The first-order valence-electron chi connectivity index (χ1n) is 5.08. The van der Waals surface area contributed by atoms with E-state index < -0.39 is 0 Å². The van der Waals surface area contributed by atoms with Crippen LogP contribution in [0.1, 0.15) is 53.4 Å². The minimum Gasteiger partial charge on any atom is -0.310 e. The highest BCUT2D eigenvalue weighted by Crippen LogP contribution is 2.30. The van der Waals surface area contributed by atoms with Crippen molar-refractivity contribution in [1.29, 1.82) is 5.41 Å². The minimum absolute atomic E-state index is 0.220. The van der Waals surface area contributed by atoms with E-state index in [-0.39, 0.29) is 5.41 Å². The van der Waals surface area contributed by atoms with E-state index in [1.165, 1.54) is 12.0 Å². The van der Waals surface area contributed by atoms with E-state index in [1.807, 2.05) is 6.92 Å². The minimum atomic E-state index is 0.220. The molecule has 0 aromatic rings. The fourth-order valence-electron chi connectivity index (χ4n) is 1.90. The normalized spacial score (nSPS) is 11.4. The fourth-order valence-corrected chi connectivity index (χ4v) is 1.90. The monoisotopic (exact) mass is 181 g/mol. The van der Waals surface area contributed by atoms with Crippen molar-refractivity contribution in [3.63, 3.8) is 0 Å². The molecule has 0 saturated heterocycles. The fraction of sp³-hybridized carbons (Fsp3) is 0.750. The van der Waals surface area contributed by atoms with E-state index in [1.54, 1.807) is 0 Å². The van der Waals surface area contributed by atoms with Gasteiger partial charge >= 0.3 is 0 Å². The Labute approximate surface area is 82.7 Å². The van der Waals surface area contributed by atoms with Crippen LogP contribution in [-0.2, 0) is 0 Å². The lowest BCUT2D eigenvalue weighted by molar-refractivity contribution is 0.373. The van der Waals surface area contributed by atoms with Crippen molar-refractivity contribution < 1.29 is 0 Å². The summed E-state index contributed by atoms with van der Waals surface area (Å²) in [6, 6.07) is 0. The maximum Gasteiger partial charge on any atom is 0.00636 e. The van der Waals surface area contributed by atoms with Gasteiger partial charge in [0.05, 0.1) is 0 Å². The van der Waals surface area contributed by atoms with Gasteiger partial charge in [0.2, 0.25) is 0 Å². The number of nitrogens with one attached hydrogen (secondary N) is 1. The van der Waals surface area contributed by atoms with Gasteiger partial charge < -0.3 is 5.41 Å². The summed E-state index contributed by atoms with van der Waals surface area (Å²) in [6.45, 7) is 12.6. The van der Waals surface area contributed by atoms with Crippen LogP contribution >= 0.6 is 0 Å². The Kier molecular flexibility index (Phi) is 4.97. The number of hydrogen-bond donors (Lipinski definition) is 1. The van der Waals surface area contributed by atoms with Gasteiger partial charge in [-0.05, 0) is 31.6 Å². The summed E-state index contributed by atoms with van der Waals surface area (Å²) in [6.07, 6.45) is 4.24. The lowest BCUT2D eigenvalue weighted by Gasteiger charge is -2.25. The predicted molar refractivity (Wildman–Crippen MR) is 60.5 cm³/mol. The molecule has 13 heavy (non-hydrogen) atoms. The Morgan fingerprint density at radius 1 is 1.31 bits per heavy atom. The zero-order chi connectivity index (χ0) is 10.5. The van der Waals surface area contributed by atoms with Gasteiger partial charge in [-0.1, -0.05) is 39.3 Å². The molecular formula is C12H23N. The van der Waals surface area contributed by atoms with E-state index in [4.69, 9.17) is 5.41 Å². The summed E-state index contributed by atoms with van der Waals surface area (Å²) in [4.78, 5) is 0. The van der Waals surface area contributed by atoms with Gasteiger partial charge in [-0.15, -0.1) is 0 Å². The topological polar surface area (TPSA) is 23.9 Å². The first-order chi connectivity index (χ1) is 5.87. The van der Waals surface area contributed by atoms with Gasteiger partial charge in [0.1, 0.15) is 0 Å². The van der Waals surface area contributed by atoms with Crippen molar-refractivity contribution >= 4 is 5.71 Å². The second-order valence-electron chi connectivity index (χ2n) is 4.80. The summed E-state index contributed by atoms with van der Waals surface area (Å²) < 4.78 is 0. The number of allylic oxidation sites excluding steroid dienone is 1. The molecule has 0 aromatic carbocycles. The van der Waals surface area contributed by atoms with Gasteiger partial charge in [-0.25, -0.2) is 0 Å². The molecule has 0 aromatic heterocycles. The lowest BCUT2D eigenvalue weighted by atomic mass is 9.80. The average Bonchev–Trinajstić information content (AvgIpc) is 1.81. The predicted octanol–water partition coefficient (Wildman–Crippen LogP) is 4.19. The van der Waals surface area contributed by atoms with Crippen LogP contribution in [0.25, 0.3) is 0 Å². The zero-order valence-corrected chi connectivity index (χ0v) is 9.54. The van der Waals surface area contributed by atoms with Crippen LogP contribution in [0, 0.1) is 10.8 Å². The molecule has 1 nitrogen and oxygen atoms in total. The molecule has 0 unspecified atom stereocenters. The van der Waals surface area contributed by atoms with Gasteiger partial charge in [0.25, 0.3) is 0 Å². The molecule has 0 bridgehead atoms. The molecule has 0 spiro atoms. The molecule has 0 amide bonds. The molecule has 0 aliphatic heterocycles. The third-order valence-corrected chi connectivity index (χ3v) is 2.08. The van der Waals surface area contributed by atoms with Crippen LogP contribution in [0.3, 0.4) is 0 Å². The summed E-state index contributed by atoms with van der Waals surface area (Å²) >= 11 is 0. The van der Waals surface area contributed by atoms with E-state index in [2.05, 4.69) is 27.4 Å². The highest BCUT2D eigenvalue weighted by molar-refractivity contribution is 5.79. The summed E-state index contributed by atoms with van der Waals surface area (Å²) in [5, 5.41) is 7.47. The quantitative estimate of drug-likeness (QED) is 0.469. The second-order valence-corrected chi connectivity index (χ2v) is 4.80. The van der Waals surface area contributed by atoms with Crippen LogP contribution in [0.2, 0.25) is 0 Å². The van der Waals surface area contributed by atoms with E-state index in [9.17, 15) is 0 Å². The Morgan fingerprint density at radius 3 is 2.23 bits per heavy atom. The molecule has 0 fully saturated rings. The largest absolute Gasteiger partial charge is 0.310 e. The first-order valence-corrected chi connectivity index (χ1v) is 5.08. The summed E-state index contributed by atoms with van der Waals surface area (Å²) in [5.41, 5.74) is 2.32. The van der Waals surface area contributed by atoms with Crippen molar-refractivity contribution in [2.75, 3.05) is 0 Å². The molecule has 0 aliphatic carbocycles. The van der Waals surface area contributed by atoms with E-state index >= 15 is 0 Å². The zero-order valence-electron chi connectivity index (χ0n) is 9.54. The van der Waals surface area contributed by atoms with E-state index in [0.717, 1.165) is 25.0 Å². The Hall–Kier alpha value is -0.590. The number of rotatable bonds is 6. The molecule has 1 heteroatoms. The van der Waals surface area contributed by atoms with Crippen molar-refractivity contribution in [2.45, 2.75) is 53.4 Å². The highest BCUT2D eigenvalue weighted by Gasteiger charge is 2.19. The van der Waals surface area contributed by atoms with E-state index in [0.29, 0.717) is 0 Å². The molecule has 0 saturated carbocycles. The SMILES string of the molecule is C=C(CCC)CC(C)(C)CC(C)=N. The Balaban J connectivity index is 4.00. The maximum absolute atomic E-state index is 7.47. The van der Waals surface area contributed by atoms with Crippen molar-refractivity contribution in [3.8, 4) is 0 Å². The summed E-state index contributed by atoms with van der Waals surface area (Å²) in [5.74, 6) is 0. The van der Waals surface area contributed by atoms with Crippen LogP contribution in [-0.4, -0.2) is 5.71 Å². The van der Waals surface area contributed by atoms with Gasteiger partial charge in [0.15, 0.2) is 0 Å². The molecule has 0 heterocycles. The van der Waals surface area contributed by atoms with Crippen molar-refractivity contribution in [2.24, 2.45) is 5.41 Å². The second kappa shape index (κ2) is 5.21. The molecule has 1 N–H and O–H groups in total. The Morgan fingerprint density at radius 2 is 1.85 bits per heavy atom. The van der Waals surface area contributed by atoms with Gasteiger partial charge in [0, 0.05) is 5.71 Å². The Bertz CT molecular complexity index is 189. The van der Waals surface area contributed by atoms with Crippen LogP contribution < -0.4 is 0 Å². The molecule has 76 valence electrons. The maximum atomic E-state index is 7.47. The van der Waals surface area contributed by atoms with Crippen LogP contribution in [0.15, 0.2) is 12.2 Å². The molecular weight excluding hydrogens is 158 g/mol. The molecule has 0 radical (unpaired) electrons. The standard InChI is InChI=1S/C12H23N/c1-6-7-10(2)8-12(4,5)9-11(3)13/h13H,2,6-9H2,1,3-5H3. The van der Waals surface area contributed by atoms with Gasteiger partial charge in [-0.3, -0.25) is 0 Å². The van der Waals surface area contributed by atoms with Crippen LogP contribution in [0.5, 0.6) is 0 Å². The number of hydrogen-bond acceptors (Lipinski definition) is 1. The first kappa shape index (κ1) is 12.4. The third-order valence-electron chi connectivity index (χ3n) is 2.08. The lowest BCUT2D eigenvalue weighted by Crippen LogP contribution is -2.15. The van der Waals surface area contributed by atoms with Gasteiger partial charge in [-0.2, -0.15) is 0 Å². The summed E-state index contributed by atoms with van der Waals surface area (Å²) in [7, 11) is 0. The third kappa shape index (κ3) is 6.56. The highest BCUT2D eigenvalue weighted by atomic mass is 14.4. The molecule has 0 rings (SSSR count). The van der Waals surface area contributed by atoms with Crippen LogP contribution in [0.4, 0.5) is 0 Å².